The van der Waals surface area contributed by atoms with E-state index in [-0.39, 0.29) is 46.5 Å². The van der Waals surface area contributed by atoms with Crippen LogP contribution in [-0.4, -0.2) is 44.0 Å². The predicted octanol–water partition coefficient (Wildman–Crippen LogP) is 4.55. The van der Waals surface area contributed by atoms with Crippen LogP contribution >= 0.6 is 22.9 Å². The maximum Gasteiger partial charge on any atom is 0.418 e. The highest BCUT2D eigenvalue weighted by Crippen LogP contribution is 2.35. The van der Waals surface area contributed by atoms with Crippen LogP contribution in [0.5, 0.6) is 0 Å². The largest absolute Gasteiger partial charge is 0.418 e. The lowest BCUT2D eigenvalue weighted by Gasteiger charge is -2.10. The Kier molecular flexibility index (Phi) is 8.82. The van der Waals surface area contributed by atoms with E-state index in [1.54, 1.807) is 6.92 Å². The molecule has 0 radical (unpaired) electrons. The average molecular weight is 541 g/mol. The zero-order valence-electron chi connectivity index (χ0n) is 18.8. The van der Waals surface area contributed by atoms with Crippen LogP contribution in [0.1, 0.15) is 73.3 Å². The van der Waals surface area contributed by atoms with Gasteiger partial charge in [-0.05, 0) is 25.1 Å². The Hall–Kier alpha value is -3.29. The first kappa shape index (κ1) is 27.3. The molecule has 0 saturated heterocycles. The molecule has 1 atom stereocenters. The minimum atomic E-state index is -4.71. The number of thiazole rings is 1. The van der Waals surface area contributed by atoms with Gasteiger partial charge in [0.2, 0.25) is 0 Å². The maximum atomic E-state index is 13.0. The summed E-state index contributed by atoms with van der Waals surface area (Å²) in [5.74, 6) is -2.02. The molecule has 0 aliphatic rings. The minimum absolute atomic E-state index is 0.00427. The topological polar surface area (TPSA) is 141 Å². The highest BCUT2D eigenvalue weighted by molar-refractivity contribution is 7.13. The molecule has 3 rings (SSSR count). The third kappa shape index (κ3) is 6.89. The number of aromatic nitrogens is 4. The molecule has 190 valence electrons. The van der Waals surface area contributed by atoms with Gasteiger partial charge in [-0.2, -0.15) is 13.2 Å². The summed E-state index contributed by atoms with van der Waals surface area (Å²) in [6.07, 6.45) is -0.789. The van der Waals surface area contributed by atoms with E-state index in [9.17, 15) is 27.6 Å². The van der Waals surface area contributed by atoms with Crippen LogP contribution in [0.4, 0.5) is 19.0 Å². The highest BCUT2D eigenvalue weighted by Gasteiger charge is 2.34. The van der Waals surface area contributed by atoms with Crippen LogP contribution in [0.2, 0.25) is 5.02 Å². The number of anilines is 1. The Morgan fingerprint density at radius 3 is 2.44 bits per heavy atom. The van der Waals surface area contributed by atoms with Gasteiger partial charge >= 0.3 is 6.18 Å². The number of hydrogen-bond acceptors (Lipinski definition) is 9. The van der Waals surface area contributed by atoms with Crippen molar-refractivity contribution in [2.24, 2.45) is 5.73 Å². The summed E-state index contributed by atoms with van der Waals surface area (Å²) in [5, 5.41) is 2.16. The Balaban J connectivity index is 1.66. The molecule has 3 heterocycles. The van der Waals surface area contributed by atoms with Gasteiger partial charge in [0.1, 0.15) is 28.4 Å². The predicted molar refractivity (Wildman–Crippen MR) is 126 cm³/mol. The molecule has 3 N–H and O–H groups in total. The lowest BCUT2D eigenvalue weighted by Crippen LogP contribution is -2.13. The average Bonchev–Trinajstić information content (AvgIpc) is 3.34. The van der Waals surface area contributed by atoms with E-state index in [1.165, 1.54) is 12.3 Å². The molecule has 0 fully saturated rings. The van der Waals surface area contributed by atoms with Gasteiger partial charge in [0.25, 0.3) is 5.91 Å². The van der Waals surface area contributed by atoms with Crippen LogP contribution < -0.4 is 11.1 Å². The molecule has 9 nitrogen and oxygen atoms in total. The van der Waals surface area contributed by atoms with Gasteiger partial charge in [0.15, 0.2) is 11.6 Å². The van der Waals surface area contributed by atoms with E-state index in [2.05, 4.69) is 25.3 Å². The Labute approximate surface area is 212 Å². The molecule has 3 aromatic rings. The highest BCUT2D eigenvalue weighted by atomic mass is 35.5. The zero-order valence-corrected chi connectivity index (χ0v) is 20.4. The van der Waals surface area contributed by atoms with Crippen LogP contribution in [-0.2, 0) is 6.18 Å². The molecule has 1 amide bonds. The second-order valence-electron chi connectivity index (χ2n) is 7.70. The first-order valence-corrected chi connectivity index (χ1v) is 11.8. The first-order valence-electron chi connectivity index (χ1n) is 10.6. The van der Waals surface area contributed by atoms with Crippen molar-refractivity contribution in [3.05, 3.63) is 62.7 Å². The number of alkyl halides is 3. The summed E-state index contributed by atoms with van der Waals surface area (Å²) in [7, 11) is 0. The van der Waals surface area contributed by atoms with Gasteiger partial charge in [-0.3, -0.25) is 14.4 Å². The molecule has 0 saturated carbocycles. The van der Waals surface area contributed by atoms with E-state index in [4.69, 9.17) is 17.3 Å². The normalized spacial score (nSPS) is 12.3. The molecule has 36 heavy (non-hydrogen) atoms. The van der Waals surface area contributed by atoms with Gasteiger partial charge in [0.05, 0.1) is 21.8 Å². The molecule has 0 bridgehead atoms. The third-order valence-corrected chi connectivity index (χ3v) is 6.44. The number of nitrogens with one attached hydrogen (secondary N) is 1. The molecule has 1 unspecified atom stereocenters. The number of nitrogens with zero attached hydrogens (tertiary/aromatic N) is 4. The van der Waals surface area contributed by atoms with Crippen molar-refractivity contribution in [2.45, 2.75) is 38.3 Å². The number of nitrogens with two attached hydrogens (primary N) is 1. The smallest absolute Gasteiger partial charge is 0.330 e. The van der Waals surface area contributed by atoms with Gasteiger partial charge in [-0.1, -0.05) is 18.5 Å². The van der Waals surface area contributed by atoms with Gasteiger partial charge < -0.3 is 11.1 Å². The minimum Gasteiger partial charge on any atom is -0.330 e. The quantitative estimate of drug-likeness (QED) is 0.357. The van der Waals surface area contributed by atoms with Crippen LogP contribution in [0.3, 0.4) is 0 Å². The number of hydrogen-bond donors (Lipinski definition) is 2. The number of Topliss-reactive ketones (excluding diaryl/α,β-unsaturated/α-hetero) is 2. The van der Waals surface area contributed by atoms with Crippen molar-refractivity contribution in [3.8, 4) is 0 Å². The number of halogens is 4. The molecular weight excluding hydrogens is 521 g/mol. The molecule has 14 heteroatoms. The van der Waals surface area contributed by atoms with Crippen LogP contribution in [0, 0.1) is 0 Å². The van der Waals surface area contributed by atoms with Crippen molar-refractivity contribution in [1.29, 1.82) is 0 Å². The summed E-state index contributed by atoms with van der Waals surface area (Å²) in [6.45, 7) is 2.09. The van der Waals surface area contributed by atoms with Crippen molar-refractivity contribution < 1.29 is 27.6 Å². The summed E-state index contributed by atoms with van der Waals surface area (Å²) in [6, 6.07) is 1.98. The number of pyridine rings is 1. The fraction of sp³-hybridized carbons (Fsp3) is 0.318. The van der Waals surface area contributed by atoms with E-state index in [0.29, 0.717) is 24.0 Å². The SMILES string of the molecule is CC(CC(=O)c1cc(C(=O)CCCN)ncn1)c1ncc(C(=O)Nc2cc(C(F)(F)F)c(Cl)cn2)s1. The lowest BCUT2D eigenvalue weighted by molar-refractivity contribution is -0.137. The fourth-order valence-corrected chi connectivity index (χ4v) is 4.12. The number of rotatable bonds is 10. The summed E-state index contributed by atoms with van der Waals surface area (Å²) >= 11 is 6.53. The number of amides is 1. The van der Waals surface area contributed by atoms with E-state index >= 15 is 0 Å². The van der Waals surface area contributed by atoms with E-state index in [1.807, 2.05) is 0 Å². The first-order chi connectivity index (χ1) is 17.0. The van der Waals surface area contributed by atoms with Crippen molar-refractivity contribution in [1.82, 2.24) is 19.9 Å². The molecule has 3 aromatic heterocycles. The molecular formula is C22H20ClF3N6O3S. The van der Waals surface area contributed by atoms with Crippen molar-refractivity contribution in [3.63, 3.8) is 0 Å². The molecule has 0 spiro atoms. The Morgan fingerprint density at radius 1 is 1.08 bits per heavy atom. The number of carbonyl (C=O) groups is 3. The van der Waals surface area contributed by atoms with Crippen LogP contribution in [0.25, 0.3) is 0 Å². The summed E-state index contributed by atoms with van der Waals surface area (Å²) in [5.41, 5.74) is 4.50. The lowest BCUT2D eigenvalue weighted by atomic mass is 10.0. The number of carbonyl (C=O) groups excluding carboxylic acids is 3. The summed E-state index contributed by atoms with van der Waals surface area (Å²) < 4.78 is 39.1. The third-order valence-electron chi connectivity index (χ3n) is 4.91. The van der Waals surface area contributed by atoms with Gasteiger partial charge in [-0.25, -0.2) is 19.9 Å². The van der Waals surface area contributed by atoms with Gasteiger partial charge in [0, 0.05) is 25.0 Å². The van der Waals surface area contributed by atoms with Crippen molar-refractivity contribution >= 4 is 46.2 Å². The second kappa shape index (κ2) is 11.6. The maximum absolute atomic E-state index is 13.0. The molecule has 0 aliphatic carbocycles. The van der Waals surface area contributed by atoms with Gasteiger partial charge in [-0.15, -0.1) is 11.3 Å². The molecule has 0 aromatic carbocycles. The van der Waals surface area contributed by atoms with E-state index in [0.717, 1.165) is 23.9 Å². The Bertz CT molecular complexity index is 1280. The zero-order chi connectivity index (χ0) is 26.5. The second-order valence-corrected chi connectivity index (χ2v) is 9.17. The number of ketones is 2. The summed E-state index contributed by atoms with van der Waals surface area (Å²) in [4.78, 5) is 53.2. The van der Waals surface area contributed by atoms with Crippen LogP contribution in [0.15, 0.2) is 30.9 Å². The fourth-order valence-electron chi connectivity index (χ4n) is 3.05. The van der Waals surface area contributed by atoms with E-state index < -0.39 is 28.6 Å². The Morgan fingerprint density at radius 2 is 1.78 bits per heavy atom. The standard InChI is InChI=1S/C22H20ClF3N6O3S/c1-11(5-17(34)15-7-14(30-10-31-15)16(33)3-2-4-27)21-29-9-18(36-21)20(35)32-19-6-12(22(24,25)26)13(23)8-28-19/h6-11H,2-5,27H2,1H3,(H,28,32,35). The van der Waals surface area contributed by atoms with Crippen molar-refractivity contribution in [2.75, 3.05) is 11.9 Å². The monoisotopic (exact) mass is 540 g/mol. The molecule has 0 aliphatic heterocycles.